The lowest BCUT2D eigenvalue weighted by Gasteiger charge is -2.13. The standard InChI is InChI=1S/C21H12F6N4O2.C2H6/c22-20(23,24)13-4-2-5-14(10-13)29-19-31-30-18(33-19)12-3-1-6-15(9-12)32-17-7-8-28-11-16(17)21(25,26)27;1-2/h1-11H,(H,29,31);1-2H3. The molecule has 0 spiro atoms. The van der Waals surface area contributed by atoms with Crippen LogP contribution in [0.1, 0.15) is 25.0 Å². The number of benzene rings is 2. The van der Waals surface area contributed by atoms with E-state index in [1.807, 2.05) is 13.8 Å². The summed E-state index contributed by atoms with van der Waals surface area (Å²) in [4.78, 5) is 3.47. The molecule has 184 valence electrons. The van der Waals surface area contributed by atoms with Crippen molar-refractivity contribution in [3.05, 3.63) is 78.1 Å². The highest BCUT2D eigenvalue weighted by Crippen LogP contribution is 2.38. The van der Waals surface area contributed by atoms with E-state index in [1.165, 1.54) is 30.3 Å². The number of halogens is 6. The molecule has 1 N–H and O–H groups in total. The van der Waals surface area contributed by atoms with Gasteiger partial charge in [0.05, 0.1) is 5.56 Å². The van der Waals surface area contributed by atoms with Gasteiger partial charge in [0.25, 0.3) is 0 Å². The second-order valence-electron chi connectivity index (χ2n) is 6.62. The minimum absolute atomic E-state index is 0.0271. The highest BCUT2D eigenvalue weighted by Gasteiger charge is 2.35. The number of hydrogen-bond acceptors (Lipinski definition) is 6. The molecule has 0 aliphatic carbocycles. The lowest BCUT2D eigenvalue weighted by Crippen LogP contribution is -2.07. The predicted molar refractivity (Wildman–Crippen MR) is 115 cm³/mol. The first kappa shape index (κ1) is 25.5. The van der Waals surface area contributed by atoms with Crippen molar-refractivity contribution < 1.29 is 35.5 Å². The molecule has 0 bridgehead atoms. The van der Waals surface area contributed by atoms with Gasteiger partial charge in [0.2, 0.25) is 5.89 Å². The fraction of sp³-hybridized carbons (Fsp3) is 0.174. The first-order valence-corrected chi connectivity index (χ1v) is 10.2. The summed E-state index contributed by atoms with van der Waals surface area (Å²) in [5, 5.41) is 10.1. The molecule has 4 aromatic rings. The van der Waals surface area contributed by atoms with E-state index in [2.05, 4.69) is 20.5 Å². The van der Waals surface area contributed by atoms with Gasteiger partial charge < -0.3 is 14.5 Å². The summed E-state index contributed by atoms with van der Waals surface area (Å²) in [6.45, 7) is 4.00. The average molecular weight is 496 g/mol. The Labute approximate surface area is 195 Å². The van der Waals surface area contributed by atoms with Crippen LogP contribution >= 0.6 is 0 Å². The fourth-order valence-electron chi connectivity index (χ4n) is 2.79. The van der Waals surface area contributed by atoms with Gasteiger partial charge in [0.15, 0.2) is 0 Å². The summed E-state index contributed by atoms with van der Waals surface area (Å²) in [6, 6.07) is 11.2. The van der Waals surface area contributed by atoms with E-state index in [1.54, 1.807) is 6.07 Å². The first-order chi connectivity index (χ1) is 16.6. The Morgan fingerprint density at radius 2 is 1.60 bits per heavy atom. The summed E-state index contributed by atoms with van der Waals surface area (Å²) in [5.41, 5.74) is -1.50. The number of rotatable bonds is 5. The monoisotopic (exact) mass is 496 g/mol. The third-order valence-corrected chi connectivity index (χ3v) is 4.26. The Bertz CT molecular complexity index is 1270. The molecular formula is C23H18F6N4O2. The molecule has 35 heavy (non-hydrogen) atoms. The number of nitrogens with one attached hydrogen (secondary N) is 1. The SMILES string of the molecule is CC.FC(F)(F)c1cccc(Nc2nnc(-c3cccc(Oc4ccncc4C(F)(F)F)c3)o2)c1. The Morgan fingerprint density at radius 1 is 0.857 bits per heavy atom. The van der Waals surface area contributed by atoms with Gasteiger partial charge in [-0.05, 0) is 42.5 Å². The van der Waals surface area contributed by atoms with Gasteiger partial charge in [0.1, 0.15) is 17.1 Å². The van der Waals surface area contributed by atoms with Crippen molar-refractivity contribution in [3.8, 4) is 23.0 Å². The van der Waals surface area contributed by atoms with Crippen molar-refractivity contribution in [1.82, 2.24) is 15.2 Å². The van der Waals surface area contributed by atoms with Gasteiger partial charge in [-0.15, -0.1) is 5.10 Å². The fourth-order valence-corrected chi connectivity index (χ4v) is 2.79. The molecule has 0 atom stereocenters. The third kappa shape index (κ3) is 6.49. The Kier molecular flexibility index (Phi) is 7.62. The second-order valence-corrected chi connectivity index (χ2v) is 6.62. The van der Waals surface area contributed by atoms with E-state index >= 15 is 0 Å². The Morgan fingerprint density at radius 3 is 2.31 bits per heavy atom. The van der Waals surface area contributed by atoms with Crippen molar-refractivity contribution in [1.29, 1.82) is 0 Å². The highest BCUT2D eigenvalue weighted by atomic mass is 19.4. The van der Waals surface area contributed by atoms with Crippen molar-refractivity contribution in [2.45, 2.75) is 26.2 Å². The normalized spacial score (nSPS) is 11.4. The largest absolute Gasteiger partial charge is 0.457 e. The molecule has 0 fully saturated rings. The molecule has 0 saturated carbocycles. The molecule has 0 unspecified atom stereocenters. The van der Waals surface area contributed by atoms with Gasteiger partial charge in [-0.1, -0.05) is 31.1 Å². The number of pyridine rings is 1. The molecule has 2 heterocycles. The van der Waals surface area contributed by atoms with Crippen LogP contribution in [0.5, 0.6) is 11.5 Å². The number of hydrogen-bond donors (Lipinski definition) is 1. The summed E-state index contributed by atoms with van der Waals surface area (Å²) >= 11 is 0. The van der Waals surface area contributed by atoms with E-state index in [0.29, 0.717) is 11.8 Å². The molecule has 2 aromatic carbocycles. The van der Waals surface area contributed by atoms with Crippen LogP contribution in [0.2, 0.25) is 0 Å². The van der Waals surface area contributed by atoms with Crippen LogP contribution in [0.3, 0.4) is 0 Å². The smallest absolute Gasteiger partial charge is 0.421 e. The number of ether oxygens (including phenoxy) is 1. The maximum atomic E-state index is 13.1. The molecule has 0 aliphatic heterocycles. The minimum atomic E-state index is -4.66. The van der Waals surface area contributed by atoms with Gasteiger partial charge in [0, 0.05) is 23.6 Å². The van der Waals surface area contributed by atoms with Crippen molar-refractivity contribution in [2.24, 2.45) is 0 Å². The molecular weight excluding hydrogens is 478 g/mol. The van der Waals surface area contributed by atoms with Crippen LogP contribution in [0, 0.1) is 0 Å². The van der Waals surface area contributed by atoms with E-state index in [0.717, 1.165) is 24.4 Å². The average Bonchev–Trinajstić information content (AvgIpc) is 3.28. The van der Waals surface area contributed by atoms with Gasteiger partial charge in [-0.3, -0.25) is 4.98 Å². The minimum Gasteiger partial charge on any atom is -0.457 e. The molecule has 4 rings (SSSR count). The quantitative estimate of drug-likeness (QED) is 0.285. The maximum absolute atomic E-state index is 13.1. The van der Waals surface area contributed by atoms with E-state index in [4.69, 9.17) is 9.15 Å². The van der Waals surface area contributed by atoms with Gasteiger partial charge in [-0.25, -0.2) is 0 Å². The molecule has 0 amide bonds. The van der Waals surface area contributed by atoms with Crippen LogP contribution in [0.4, 0.5) is 38.0 Å². The zero-order valence-corrected chi connectivity index (χ0v) is 18.3. The topological polar surface area (TPSA) is 73.1 Å². The highest BCUT2D eigenvalue weighted by molar-refractivity contribution is 5.59. The third-order valence-electron chi connectivity index (χ3n) is 4.26. The molecule has 2 aromatic heterocycles. The number of nitrogens with zero attached hydrogens (tertiary/aromatic N) is 3. The van der Waals surface area contributed by atoms with Crippen LogP contribution in [0.15, 0.2) is 71.4 Å². The lowest BCUT2D eigenvalue weighted by molar-refractivity contribution is -0.139. The first-order valence-electron chi connectivity index (χ1n) is 10.2. The molecule has 12 heteroatoms. The molecule has 0 aliphatic rings. The van der Waals surface area contributed by atoms with Crippen molar-refractivity contribution >= 4 is 11.7 Å². The Hall–Kier alpha value is -4.09. The van der Waals surface area contributed by atoms with Crippen molar-refractivity contribution in [2.75, 3.05) is 5.32 Å². The molecule has 0 saturated heterocycles. The summed E-state index contributed by atoms with van der Waals surface area (Å²) in [5.74, 6) is -0.400. The zero-order valence-electron chi connectivity index (χ0n) is 18.3. The molecule has 0 radical (unpaired) electrons. The van der Waals surface area contributed by atoms with E-state index in [9.17, 15) is 26.3 Å². The van der Waals surface area contributed by atoms with Crippen molar-refractivity contribution in [3.63, 3.8) is 0 Å². The number of alkyl halides is 6. The molecule has 6 nitrogen and oxygen atoms in total. The summed E-state index contributed by atoms with van der Waals surface area (Å²) in [6.07, 6.45) is -7.35. The number of aromatic nitrogens is 3. The van der Waals surface area contributed by atoms with E-state index < -0.39 is 29.2 Å². The Balaban J connectivity index is 0.00000167. The lowest BCUT2D eigenvalue weighted by atomic mass is 10.2. The van der Waals surface area contributed by atoms with E-state index in [-0.39, 0.29) is 23.3 Å². The zero-order chi connectivity index (χ0) is 25.6. The van der Waals surface area contributed by atoms with Crippen LogP contribution in [-0.2, 0) is 12.4 Å². The van der Waals surface area contributed by atoms with Gasteiger partial charge >= 0.3 is 18.4 Å². The van der Waals surface area contributed by atoms with Crippen LogP contribution in [-0.4, -0.2) is 15.2 Å². The maximum Gasteiger partial charge on any atom is 0.421 e. The van der Waals surface area contributed by atoms with Gasteiger partial charge in [-0.2, -0.15) is 26.3 Å². The summed E-state index contributed by atoms with van der Waals surface area (Å²) < 4.78 is 88.8. The van der Waals surface area contributed by atoms with Crippen LogP contribution < -0.4 is 10.1 Å². The van der Waals surface area contributed by atoms with Crippen LogP contribution in [0.25, 0.3) is 11.5 Å². The summed E-state index contributed by atoms with van der Waals surface area (Å²) in [7, 11) is 0. The second kappa shape index (κ2) is 10.5. The predicted octanol–water partition coefficient (Wildman–Crippen LogP) is 7.73. The number of anilines is 2.